The average Bonchev–Trinajstić information content (AvgIpc) is 2.70. The second kappa shape index (κ2) is 8.35. The number of likely N-dealkylation sites (N-methyl/N-ethyl adjacent to an activating group) is 1. The fourth-order valence-electron chi connectivity index (χ4n) is 3.43. The largest absolute Gasteiger partial charge is 0.368 e. The van der Waals surface area contributed by atoms with Crippen molar-refractivity contribution in [3.8, 4) is 0 Å². The number of carbonyl (C=O) groups is 1. The standard InChI is InChI=1S/C20H28N6O/c1-4-17-15(2)19(23-20(21)22-17)26-12-10-25(11-13-26)14-18(27)24(3)16-8-6-5-7-9-16/h5-9H,4,10-14H2,1-3H3,(H2,21,22,23). The summed E-state index contributed by atoms with van der Waals surface area (Å²) in [6.07, 6.45) is 0.839. The van der Waals surface area contributed by atoms with Crippen molar-refractivity contribution >= 4 is 23.4 Å². The van der Waals surface area contributed by atoms with Crippen molar-refractivity contribution in [2.24, 2.45) is 0 Å². The van der Waals surface area contributed by atoms with Crippen LogP contribution in [0.3, 0.4) is 0 Å². The van der Waals surface area contributed by atoms with Gasteiger partial charge in [0.05, 0.1) is 12.2 Å². The van der Waals surface area contributed by atoms with E-state index in [9.17, 15) is 4.79 Å². The maximum absolute atomic E-state index is 12.6. The lowest BCUT2D eigenvalue weighted by atomic mass is 10.1. The molecule has 0 saturated carbocycles. The van der Waals surface area contributed by atoms with Crippen LogP contribution >= 0.6 is 0 Å². The van der Waals surface area contributed by atoms with E-state index in [1.165, 1.54) is 0 Å². The van der Waals surface area contributed by atoms with Crippen molar-refractivity contribution in [3.63, 3.8) is 0 Å². The number of piperazine rings is 1. The zero-order valence-electron chi connectivity index (χ0n) is 16.4. The van der Waals surface area contributed by atoms with E-state index in [0.29, 0.717) is 12.5 Å². The second-order valence-electron chi connectivity index (χ2n) is 6.88. The minimum absolute atomic E-state index is 0.102. The summed E-state index contributed by atoms with van der Waals surface area (Å²) >= 11 is 0. The number of anilines is 3. The van der Waals surface area contributed by atoms with Crippen molar-refractivity contribution in [2.45, 2.75) is 20.3 Å². The number of carbonyl (C=O) groups excluding carboxylic acids is 1. The number of hydrogen-bond donors (Lipinski definition) is 1. The third-order valence-electron chi connectivity index (χ3n) is 5.12. The predicted molar refractivity (Wildman–Crippen MR) is 109 cm³/mol. The Morgan fingerprint density at radius 1 is 1.15 bits per heavy atom. The third kappa shape index (κ3) is 4.36. The van der Waals surface area contributed by atoms with Gasteiger partial charge in [-0.05, 0) is 25.5 Å². The van der Waals surface area contributed by atoms with Crippen molar-refractivity contribution in [1.82, 2.24) is 14.9 Å². The number of aromatic nitrogens is 2. The summed E-state index contributed by atoms with van der Waals surface area (Å²) in [4.78, 5) is 27.5. The molecule has 2 heterocycles. The molecule has 0 radical (unpaired) electrons. The highest BCUT2D eigenvalue weighted by Gasteiger charge is 2.23. The van der Waals surface area contributed by atoms with E-state index in [1.807, 2.05) is 37.4 Å². The smallest absolute Gasteiger partial charge is 0.240 e. The Kier molecular flexibility index (Phi) is 5.91. The maximum atomic E-state index is 12.6. The zero-order valence-corrected chi connectivity index (χ0v) is 16.4. The lowest BCUT2D eigenvalue weighted by Crippen LogP contribution is -2.50. The summed E-state index contributed by atoms with van der Waals surface area (Å²) in [5, 5.41) is 0. The number of nitrogens with zero attached hydrogens (tertiary/aromatic N) is 5. The first-order chi connectivity index (χ1) is 13.0. The Morgan fingerprint density at radius 3 is 2.44 bits per heavy atom. The molecular formula is C20H28N6O. The van der Waals surface area contributed by atoms with E-state index in [-0.39, 0.29) is 5.91 Å². The molecule has 1 fully saturated rings. The van der Waals surface area contributed by atoms with Gasteiger partial charge in [-0.25, -0.2) is 4.98 Å². The normalized spacial score (nSPS) is 15.0. The van der Waals surface area contributed by atoms with Gasteiger partial charge in [-0.3, -0.25) is 9.69 Å². The van der Waals surface area contributed by atoms with Gasteiger partial charge < -0.3 is 15.5 Å². The highest BCUT2D eigenvalue weighted by Crippen LogP contribution is 2.22. The van der Waals surface area contributed by atoms with Crippen molar-refractivity contribution in [3.05, 3.63) is 41.6 Å². The molecule has 1 aliphatic heterocycles. The number of rotatable bonds is 5. The number of nitrogen functional groups attached to an aromatic ring is 1. The Hall–Kier alpha value is -2.67. The average molecular weight is 368 g/mol. The minimum Gasteiger partial charge on any atom is -0.368 e. The molecule has 0 spiro atoms. The molecule has 7 heteroatoms. The number of aryl methyl sites for hydroxylation is 1. The van der Waals surface area contributed by atoms with Crippen LogP contribution in [0.1, 0.15) is 18.2 Å². The highest BCUT2D eigenvalue weighted by atomic mass is 16.2. The number of amides is 1. The van der Waals surface area contributed by atoms with Gasteiger partial charge in [-0.15, -0.1) is 0 Å². The molecule has 0 unspecified atom stereocenters. The number of nitrogens with two attached hydrogens (primary N) is 1. The van der Waals surface area contributed by atoms with Crippen LogP contribution in [-0.2, 0) is 11.2 Å². The topological polar surface area (TPSA) is 78.6 Å². The van der Waals surface area contributed by atoms with E-state index in [1.54, 1.807) is 4.90 Å². The van der Waals surface area contributed by atoms with Crippen LogP contribution in [-0.4, -0.2) is 60.5 Å². The number of para-hydroxylation sites is 1. The predicted octanol–water partition coefficient (Wildman–Crippen LogP) is 1.71. The van der Waals surface area contributed by atoms with Crippen molar-refractivity contribution in [2.75, 3.05) is 55.3 Å². The molecule has 2 aromatic rings. The van der Waals surface area contributed by atoms with Gasteiger partial charge in [-0.1, -0.05) is 25.1 Å². The van der Waals surface area contributed by atoms with Crippen LogP contribution in [0, 0.1) is 6.92 Å². The molecule has 2 N–H and O–H groups in total. The summed E-state index contributed by atoms with van der Waals surface area (Å²) < 4.78 is 0. The molecule has 0 bridgehead atoms. The first kappa shape index (κ1) is 19.1. The Bertz CT molecular complexity index is 787. The molecule has 1 amide bonds. The van der Waals surface area contributed by atoms with Gasteiger partial charge in [0.15, 0.2) is 0 Å². The fraction of sp³-hybridized carbons (Fsp3) is 0.450. The van der Waals surface area contributed by atoms with Crippen LogP contribution in [0.25, 0.3) is 0 Å². The molecular weight excluding hydrogens is 340 g/mol. The molecule has 1 saturated heterocycles. The van der Waals surface area contributed by atoms with Gasteiger partial charge >= 0.3 is 0 Å². The number of hydrogen-bond acceptors (Lipinski definition) is 6. The van der Waals surface area contributed by atoms with E-state index >= 15 is 0 Å². The summed E-state index contributed by atoms with van der Waals surface area (Å²) in [5.74, 6) is 1.35. The van der Waals surface area contributed by atoms with Gasteiger partial charge in [0.2, 0.25) is 11.9 Å². The quantitative estimate of drug-likeness (QED) is 0.866. The minimum atomic E-state index is 0.102. The molecule has 1 aromatic heterocycles. The van der Waals surface area contributed by atoms with E-state index in [2.05, 4.69) is 33.6 Å². The summed E-state index contributed by atoms with van der Waals surface area (Å²) in [6, 6.07) is 9.73. The van der Waals surface area contributed by atoms with Crippen LogP contribution in [0.4, 0.5) is 17.5 Å². The maximum Gasteiger partial charge on any atom is 0.240 e. The Morgan fingerprint density at radius 2 is 1.81 bits per heavy atom. The molecule has 7 nitrogen and oxygen atoms in total. The molecule has 27 heavy (non-hydrogen) atoms. The van der Waals surface area contributed by atoms with E-state index in [0.717, 1.165) is 55.4 Å². The lowest BCUT2D eigenvalue weighted by Gasteiger charge is -2.36. The van der Waals surface area contributed by atoms with Crippen molar-refractivity contribution < 1.29 is 4.79 Å². The summed E-state index contributed by atoms with van der Waals surface area (Å²) in [7, 11) is 1.83. The molecule has 0 aliphatic carbocycles. The molecule has 1 aliphatic rings. The van der Waals surface area contributed by atoms with E-state index < -0.39 is 0 Å². The Labute approximate surface area is 160 Å². The Balaban J connectivity index is 1.59. The molecule has 144 valence electrons. The molecule has 1 aromatic carbocycles. The monoisotopic (exact) mass is 368 g/mol. The van der Waals surface area contributed by atoms with E-state index in [4.69, 9.17) is 5.73 Å². The summed E-state index contributed by atoms with van der Waals surface area (Å²) in [5.41, 5.74) is 8.90. The second-order valence-corrected chi connectivity index (χ2v) is 6.88. The van der Waals surface area contributed by atoms with Crippen LogP contribution in [0.5, 0.6) is 0 Å². The zero-order chi connectivity index (χ0) is 19.4. The van der Waals surface area contributed by atoms with Crippen LogP contribution in [0.2, 0.25) is 0 Å². The highest BCUT2D eigenvalue weighted by molar-refractivity contribution is 5.94. The fourth-order valence-corrected chi connectivity index (χ4v) is 3.43. The van der Waals surface area contributed by atoms with Crippen LogP contribution < -0.4 is 15.5 Å². The van der Waals surface area contributed by atoms with Gasteiger partial charge in [0, 0.05) is 44.5 Å². The molecule has 0 atom stereocenters. The van der Waals surface area contributed by atoms with Gasteiger partial charge in [0.1, 0.15) is 5.82 Å². The van der Waals surface area contributed by atoms with Crippen molar-refractivity contribution in [1.29, 1.82) is 0 Å². The van der Waals surface area contributed by atoms with Gasteiger partial charge in [-0.2, -0.15) is 4.98 Å². The molecule has 3 rings (SSSR count). The summed E-state index contributed by atoms with van der Waals surface area (Å²) in [6.45, 7) is 7.83. The third-order valence-corrected chi connectivity index (χ3v) is 5.12. The van der Waals surface area contributed by atoms with Crippen LogP contribution in [0.15, 0.2) is 30.3 Å². The number of benzene rings is 1. The first-order valence-electron chi connectivity index (χ1n) is 9.41. The van der Waals surface area contributed by atoms with Gasteiger partial charge in [0.25, 0.3) is 0 Å². The SMILES string of the molecule is CCc1nc(N)nc(N2CCN(CC(=O)N(C)c3ccccc3)CC2)c1C. The lowest BCUT2D eigenvalue weighted by molar-refractivity contribution is -0.119. The first-order valence-corrected chi connectivity index (χ1v) is 9.41.